The molecule has 0 aromatic heterocycles. The molecule has 17 heavy (non-hydrogen) atoms. The van der Waals surface area contributed by atoms with Gasteiger partial charge in [-0.25, -0.2) is 0 Å². The number of rotatable bonds is 5. The van der Waals surface area contributed by atoms with Crippen LogP contribution >= 0.6 is 11.8 Å². The van der Waals surface area contributed by atoms with Crippen LogP contribution in [-0.2, 0) is 5.75 Å². The van der Waals surface area contributed by atoms with E-state index in [9.17, 15) is 0 Å². The molecular weight excluding hydrogens is 232 g/mol. The monoisotopic (exact) mass is 248 g/mol. The third-order valence-corrected chi connectivity index (χ3v) is 3.08. The van der Waals surface area contributed by atoms with Crippen LogP contribution in [0.15, 0.2) is 35.3 Å². The third-order valence-electron chi connectivity index (χ3n) is 2.05. The number of benzene rings is 1. The second kappa shape index (κ2) is 8.48. The molecule has 0 amide bonds. The van der Waals surface area contributed by atoms with Crippen molar-refractivity contribution in [3.05, 3.63) is 35.9 Å². The van der Waals surface area contributed by atoms with Gasteiger partial charge >= 0.3 is 0 Å². The van der Waals surface area contributed by atoms with Gasteiger partial charge in [0.25, 0.3) is 0 Å². The Morgan fingerprint density at radius 2 is 2.18 bits per heavy atom. The molecule has 0 spiro atoms. The van der Waals surface area contributed by atoms with Crippen molar-refractivity contribution >= 4 is 17.7 Å². The molecule has 0 unspecified atom stereocenters. The molecule has 0 radical (unpaired) electrons. The number of guanidine groups is 1. The van der Waals surface area contributed by atoms with E-state index in [2.05, 4.69) is 27.8 Å². The summed E-state index contributed by atoms with van der Waals surface area (Å²) in [6, 6.07) is 10.4. The molecule has 1 rings (SSSR count). The van der Waals surface area contributed by atoms with Gasteiger partial charge in [0.1, 0.15) is 0 Å². The van der Waals surface area contributed by atoms with Gasteiger partial charge in [0.05, 0.1) is 0 Å². The number of hydrogen-bond acceptors (Lipinski definition) is 3. The zero-order valence-corrected chi connectivity index (χ0v) is 10.6. The van der Waals surface area contributed by atoms with Gasteiger partial charge in [0, 0.05) is 25.1 Å². The lowest BCUT2D eigenvalue weighted by Crippen LogP contribution is -2.35. The van der Waals surface area contributed by atoms with E-state index in [0.29, 0.717) is 5.96 Å². The number of nitriles is 1. The van der Waals surface area contributed by atoms with Crippen LogP contribution in [0, 0.1) is 11.5 Å². The third kappa shape index (κ3) is 5.83. The van der Waals surface area contributed by atoms with Crippen molar-refractivity contribution in [2.45, 2.75) is 5.75 Å². The Labute approximate surface area is 106 Å². The predicted octanol–water partition coefficient (Wildman–Crippen LogP) is 1.57. The minimum atomic E-state index is 0.521. The Morgan fingerprint density at radius 3 is 2.82 bits per heavy atom. The van der Waals surface area contributed by atoms with Gasteiger partial charge in [-0.15, -0.1) is 0 Å². The predicted molar refractivity (Wildman–Crippen MR) is 72.7 cm³/mol. The molecule has 0 fully saturated rings. The molecule has 5 heteroatoms. The van der Waals surface area contributed by atoms with E-state index >= 15 is 0 Å². The molecule has 1 aromatic rings. The lowest BCUT2D eigenvalue weighted by Gasteiger charge is -2.06. The van der Waals surface area contributed by atoms with Gasteiger partial charge in [0.2, 0.25) is 5.96 Å². The van der Waals surface area contributed by atoms with Crippen molar-refractivity contribution in [3.63, 3.8) is 0 Å². The van der Waals surface area contributed by atoms with Crippen molar-refractivity contribution in [3.8, 4) is 6.19 Å². The first-order valence-corrected chi connectivity index (χ1v) is 6.49. The maximum Gasteiger partial charge on any atom is 0.204 e. The Kier molecular flexibility index (Phi) is 6.68. The van der Waals surface area contributed by atoms with Crippen LogP contribution < -0.4 is 10.6 Å². The fourth-order valence-electron chi connectivity index (χ4n) is 1.24. The highest BCUT2D eigenvalue weighted by atomic mass is 32.2. The fourth-order valence-corrected chi connectivity index (χ4v) is 2.06. The highest BCUT2D eigenvalue weighted by Crippen LogP contribution is 2.10. The largest absolute Gasteiger partial charge is 0.355 e. The Hall–Kier alpha value is -1.67. The van der Waals surface area contributed by atoms with Crippen molar-refractivity contribution < 1.29 is 0 Å². The maximum atomic E-state index is 8.43. The quantitative estimate of drug-likeness (QED) is 0.273. The number of aliphatic imine (C=N–C) groups is 1. The SMILES string of the molecule is CN=C(NC#N)NCCSCc1ccccc1. The van der Waals surface area contributed by atoms with Crippen molar-refractivity contribution in [1.29, 1.82) is 5.26 Å². The number of nitrogens with zero attached hydrogens (tertiary/aromatic N) is 2. The zero-order valence-electron chi connectivity index (χ0n) is 9.81. The van der Waals surface area contributed by atoms with Gasteiger partial charge in [-0.2, -0.15) is 17.0 Å². The van der Waals surface area contributed by atoms with Crippen LogP contribution in [0.3, 0.4) is 0 Å². The van der Waals surface area contributed by atoms with Gasteiger partial charge in [-0.05, 0) is 5.56 Å². The molecule has 0 aliphatic heterocycles. The molecule has 0 saturated carbocycles. The number of thioether (sulfide) groups is 1. The minimum Gasteiger partial charge on any atom is -0.355 e. The molecule has 0 aliphatic carbocycles. The molecule has 0 atom stereocenters. The number of nitrogens with one attached hydrogen (secondary N) is 2. The lowest BCUT2D eigenvalue weighted by molar-refractivity contribution is 0.931. The van der Waals surface area contributed by atoms with Gasteiger partial charge in [0.15, 0.2) is 6.19 Å². The van der Waals surface area contributed by atoms with E-state index < -0.39 is 0 Å². The molecule has 0 bridgehead atoms. The Balaban J connectivity index is 2.11. The molecule has 0 heterocycles. The Morgan fingerprint density at radius 1 is 1.41 bits per heavy atom. The van der Waals surface area contributed by atoms with Crippen LogP contribution in [-0.4, -0.2) is 25.3 Å². The van der Waals surface area contributed by atoms with E-state index in [1.807, 2.05) is 36.2 Å². The smallest absolute Gasteiger partial charge is 0.204 e. The van der Waals surface area contributed by atoms with Crippen molar-refractivity contribution in [2.75, 3.05) is 19.3 Å². The standard InChI is InChI=1S/C12H16N4S/c1-14-12(16-10-13)15-7-8-17-9-11-5-3-2-4-6-11/h2-6H,7-9H2,1H3,(H2,14,15,16). The Bertz CT molecular complexity index is 383. The summed E-state index contributed by atoms with van der Waals surface area (Å²) in [4.78, 5) is 3.90. The second-order valence-electron chi connectivity index (χ2n) is 3.27. The second-order valence-corrected chi connectivity index (χ2v) is 4.38. The average Bonchev–Trinajstić information content (AvgIpc) is 2.38. The van der Waals surface area contributed by atoms with Gasteiger partial charge < -0.3 is 5.32 Å². The highest BCUT2D eigenvalue weighted by Gasteiger charge is 1.95. The summed E-state index contributed by atoms with van der Waals surface area (Å²) >= 11 is 1.85. The molecule has 1 aromatic carbocycles. The van der Waals surface area contributed by atoms with E-state index in [4.69, 9.17) is 5.26 Å². The molecule has 0 aliphatic rings. The van der Waals surface area contributed by atoms with Crippen LogP contribution in [0.4, 0.5) is 0 Å². The van der Waals surface area contributed by atoms with Gasteiger partial charge in [-0.3, -0.25) is 10.3 Å². The van der Waals surface area contributed by atoms with E-state index in [0.717, 1.165) is 18.1 Å². The van der Waals surface area contributed by atoms with Crippen LogP contribution in [0.2, 0.25) is 0 Å². The summed E-state index contributed by atoms with van der Waals surface area (Å²) in [7, 11) is 1.64. The summed E-state index contributed by atoms with van der Waals surface area (Å²) in [5.74, 6) is 2.50. The zero-order chi connectivity index (χ0) is 12.3. The number of hydrogen-bond donors (Lipinski definition) is 2. The summed E-state index contributed by atoms with van der Waals surface area (Å²) in [5, 5.41) is 14.0. The lowest BCUT2D eigenvalue weighted by atomic mass is 10.2. The highest BCUT2D eigenvalue weighted by molar-refractivity contribution is 7.98. The molecule has 2 N–H and O–H groups in total. The summed E-state index contributed by atoms with van der Waals surface area (Å²) in [5.41, 5.74) is 1.33. The van der Waals surface area contributed by atoms with Crippen LogP contribution in [0.25, 0.3) is 0 Å². The topological polar surface area (TPSA) is 60.2 Å². The van der Waals surface area contributed by atoms with E-state index in [-0.39, 0.29) is 0 Å². The van der Waals surface area contributed by atoms with E-state index in [1.165, 1.54) is 5.56 Å². The average molecular weight is 248 g/mol. The fraction of sp³-hybridized carbons (Fsp3) is 0.333. The molecular formula is C12H16N4S. The summed E-state index contributed by atoms with van der Waals surface area (Å²) < 4.78 is 0. The normalized spacial score (nSPS) is 10.7. The molecule has 0 saturated heterocycles. The van der Waals surface area contributed by atoms with Crippen LogP contribution in [0.1, 0.15) is 5.56 Å². The summed E-state index contributed by atoms with van der Waals surface area (Å²) in [6.07, 6.45) is 1.84. The minimum absolute atomic E-state index is 0.521. The molecule has 90 valence electrons. The van der Waals surface area contributed by atoms with Crippen LogP contribution in [0.5, 0.6) is 0 Å². The maximum absolute atomic E-state index is 8.43. The first kappa shape index (κ1) is 13.4. The first-order chi connectivity index (χ1) is 8.36. The summed E-state index contributed by atoms with van der Waals surface area (Å²) in [6.45, 7) is 0.791. The van der Waals surface area contributed by atoms with E-state index in [1.54, 1.807) is 7.05 Å². The van der Waals surface area contributed by atoms with Gasteiger partial charge in [-0.1, -0.05) is 30.3 Å². The van der Waals surface area contributed by atoms with Crippen molar-refractivity contribution in [1.82, 2.24) is 10.6 Å². The molecule has 4 nitrogen and oxygen atoms in total. The first-order valence-electron chi connectivity index (χ1n) is 5.34. The van der Waals surface area contributed by atoms with Crippen molar-refractivity contribution in [2.24, 2.45) is 4.99 Å².